The van der Waals surface area contributed by atoms with E-state index in [2.05, 4.69) is 16.8 Å². The molecule has 2 saturated heterocycles. The molecule has 0 amide bonds. The summed E-state index contributed by atoms with van der Waals surface area (Å²) < 4.78 is 5.44. The van der Waals surface area contributed by atoms with Crippen molar-refractivity contribution in [2.24, 2.45) is 5.41 Å². The topological polar surface area (TPSA) is 53.0 Å². The Labute approximate surface area is 148 Å². The van der Waals surface area contributed by atoms with Crippen LogP contribution in [0.2, 0.25) is 5.02 Å². The smallest absolute Gasteiger partial charge is 0.341 e. The third-order valence-corrected chi connectivity index (χ3v) is 5.37. The number of hydrogen-bond donors (Lipinski definition) is 1. The molecule has 0 radical (unpaired) electrons. The van der Waals surface area contributed by atoms with E-state index >= 15 is 0 Å². The lowest BCUT2D eigenvalue weighted by atomic mass is 9.79. The summed E-state index contributed by atoms with van der Waals surface area (Å²) in [5.41, 5.74) is 1.38. The van der Waals surface area contributed by atoms with Crippen LogP contribution >= 0.6 is 11.6 Å². The van der Waals surface area contributed by atoms with E-state index in [1.807, 2.05) is 6.07 Å². The molecule has 1 aromatic rings. The predicted molar refractivity (Wildman–Crippen MR) is 93.6 cm³/mol. The SMILES string of the molecule is CN1CC[C@@]2(CCCN(Cc3cc(Cl)ccc3OCC(=O)O)C2)C1. The molecule has 0 aliphatic carbocycles. The van der Waals surface area contributed by atoms with Crippen LogP contribution < -0.4 is 4.74 Å². The Kier molecular flexibility index (Phi) is 5.33. The highest BCUT2D eigenvalue weighted by Gasteiger charge is 2.40. The average Bonchev–Trinajstić information content (AvgIpc) is 2.86. The van der Waals surface area contributed by atoms with Gasteiger partial charge >= 0.3 is 5.97 Å². The molecule has 0 bridgehead atoms. The van der Waals surface area contributed by atoms with E-state index in [-0.39, 0.29) is 6.61 Å². The van der Waals surface area contributed by atoms with Crippen molar-refractivity contribution in [3.63, 3.8) is 0 Å². The standard InChI is InChI=1S/C18H25ClN2O3/c1-20-8-6-18(12-20)5-2-7-21(13-18)10-14-9-15(19)3-4-16(14)24-11-17(22)23/h3-4,9H,2,5-8,10-13H2,1H3,(H,22,23)/t18-/m0/s1. The Morgan fingerprint density at radius 2 is 2.17 bits per heavy atom. The van der Waals surface area contributed by atoms with Crippen LogP contribution in [0.25, 0.3) is 0 Å². The summed E-state index contributed by atoms with van der Waals surface area (Å²) in [6, 6.07) is 5.40. The number of halogens is 1. The van der Waals surface area contributed by atoms with Crippen molar-refractivity contribution in [3.05, 3.63) is 28.8 Å². The molecule has 0 aromatic heterocycles. The first-order valence-corrected chi connectivity index (χ1v) is 8.88. The summed E-state index contributed by atoms with van der Waals surface area (Å²) in [7, 11) is 2.20. The van der Waals surface area contributed by atoms with E-state index in [4.69, 9.17) is 21.4 Å². The Balaban J connectivity index is 1.70. The number of benzene rings is 1. The second-order valence-corrected chi connectivity index (χ2v) is 7.67. The maximum absolute atomic E-state index is 10.8. The van der Waals surface area contributed by atoms with E-state index in [0.717, 1.165) is 25.2 Å². The quantitative estimate of drug-likeness (QED) is 0.883. The maximum Gasteiger partial charge on any atom is 0.341 e. The number of carboxylic acids is 1. The van der Waals surface area contributed by atoms with Gasteiger partial charge in [-0.2, -0.15) is 0 Å². The molecular formula is C18H25ClN2O3. The molecule has 1 N–H and O–H groups in total. The Bertz CT molecular complexity index is 606. The number of carboxylic acid groups (broad SMARTS) is 1. The highest BCUT2D eigenvalue weighted by Crippen LogP contribution is 2.39. The fourth-order valence-electron chi connectivity index (χ4n) is 4.13. The van der Waals surface area contributed by atoms with E-state index < -0.39 is 5.97 Å². The van der Waals surface area contributed by atoms with Crippen LogP contribution in [0.1, 0.15) is 24.8 Å². The van der Waals surface area contributed by atoms with E-state index in [1.165, 1.54) is 32.4 Å². The number of ether oxygens (including phenoxy) is 1. The van der Waals surface area contributed by atoms with Gasteiger partial charge in [-0.25, -0.2) is 4.79 Å². The van der Waals surface area contributed by atoms with Crippen LogP contribution in [0, 0.1) is 5.41 Å². The van der Waals surface area contributed by atoms with Gasteiger partial charge in [0.1, 0.15) is 5.75 Å². The molecule has 2 heterocycles. The van der Waals surface area contributed by atoms with Crippen molar-refractivity contribution in [2.45, 2.75) is 25.8 Å². The fourth-order valence-corrected chi connectivity index (χ4v) is 4.32. The number of likely N-dealkylation sites (tertiary alicyclic amines) is 2. The largest absolute Gasteiger partial charge is 0.482 e. The lowest BCUT2D eigenvalue weighted by Crippen LogP contribution is -2.44. The summed E-state index contributed by atoms with van der Waals surface area (Å²) in [6.07, 6.45) is 3.77. The number of piperidine rings is 1. The van der Waals surface area contributed by atoms with Crippen molar-refractivity contribution in [1.29, 1.82) is 0 Å². The number of carbonyl (C=O) groups is 1. The van der Waals surface area contributed by atoms with Gasteiger partial charge in [-0.3, -0.25) is 4.90 Å². The number of nitrogens with zero attached hydrogens (tertiary/aromatic N) is 2. The minimum atomic E-state index is -0.971. The zero-order chi connectivity index (χ0) is 17.2. The van der Waals surface area contributed by atoms with Crippen LogP contribution in [0.5, 0.6) is 5.75 Å². The summed E-state index contributed by atoms with van der Waals surface area (Å²) in [4.78, 5) is 15.7. The molecule has 6 heteroatoms. The predicted octanol–water partition coefficient (Wildman–Crippen LogP) is 2.72. The minimum Gasteiger partial charge on any atom is -0.482 e. The first-order chi connectivity index (χ1) is 11.5. The van der Waals surface area contributed by atoms with Crippen molar-refractivity contribution in [1.82, 2.24) is 9.80 Å². The first kappa shape index (κ1) is 17.5. The normalized spacial score (nSPS) is 25.2. The maximum atomic E-state index is 10.8. The molecule has 2 fully saturated rings. The molecule has 0 unspecified atom stereocenters. The van der Waals surface area contributed by atoms with Gasteiger partial charge in [0.05, 0.1) is 0 Å². The fraction of sp³-hybridized carbons (Fsp3) is 0.611. The average molecular weight is 353 g/mol. The molecule has 3 rings (SSSR count). The molecule has 2 aliphatic heterocycles. The van der Waals surface area contributed by atoms with Crippen LogP contribution in [-0.4, -0.2) is 60.7 Å². The summed E-state index contributed by atoms with van der Waals surface area (Å²) in [6.45, 7) is 4.92. The molecule has 1 aromatic carbocycles. The molecule has 1 atom stereocenters. The summed E-state index contributed by atoms with van der Waals surface area (Å²) in [5, 5.41) is 9.49. The van der Waals surface area contributed by atoms with Gasteiger partial charge in [-0.05, 0) is 63.0 Å². The Hall–Kier alpha value is -1.30. The van der Waals surface area contributed by atoms with Crippen molar-refractivity contribution in [3.8, 4) is 5.75 Å². The number of hydrogen-bond acceptors (Lipinski definition) is 4. The van der Waals surface area contributed by atoms with E-state index in [1.54, 1.807) is 12.1 Å². The number of aliphatic carboxylic acids is 1. The van der Waals surface area contributed by atoms with Crippen molar-refractivity contribution in [2.75, 3.05) is 39.8 Å². The highest BCUT2D eigenvalue weighted by molar-refractivity contribution is 6.30. The second kappa shape index (κ2) is 7.30. The summed E-state index contributed by atoms with van der Waals surface area (Å²) >= 11 is 6.14. The first-order valence-electron chi connectivity index (χ1n) is 8.50. The highest BCUT2D eigenvalue weighted by atomic mass is 35.5. The minimum absolute atomic E-state index is 0.330. The Morgan fingerprint density at radius 1 is 1.33 bits per heavy atom. The third-order valence-electron chi connectivity index (χ3n) is 5.14. The lowest BCUT2D eigenvalue weighted by molar-refractivity contribution is -0.139. The summed E-state index contributed by atoms with van der Waals surface area (Å²) in [5.74, 6) is -0.355. The van der Waals surface area contributed by atoms with Gasteiger partial charge < -0.3 is 14.7 Å². The van der Waals surface area contributed by atoms with Crippen LogP contribution in [0.4, 0.5) is 0 Å². The molecule has 5 nitrogen and oxygen atoms in total. The molecule has 1 spiro atoms. The van der Waals surface area contributed by atoms with E-state index in [9.17, 15) is 4.79 Å². The monoisotopic (exact) mass is 352 g/mol. The van der Waals surface area contributed by atoms with Gasteiger partial charge in [0.15, 0.2) is 6.61 Å². The van der Waals surface area contributed by atoms with Crippen molar-refractivity contribution < 1.29 is 14.6 Å². The zero-order valence-corrected chi connectivity index (χ0v) is 14.9. The van der Waals surface area contributed by atoms with Crippen LogP contribution in [0.15, 0.2) is 18.2 Å². The van der Waals surface area contributed by atoms with Gasteiger partial charge in [0, 0.05) is 30.2 Å². The Morgan fingerprint density at radius 3 is 2.88 bits per heavy atom. The van der Waals surface area contributed by atoms with E-state index in [0.29, 0.717) is 16.2 Å². The molecule has 24 heavy (non-hydrogen) atoms. The molecule has 132 valence electrons. The molecule has 2 aliphatic rings. The van der Waals surface area contributed by atoms with Gasteiger partial charge in [-0.15, -0.1) is 0 Å². The zero-order valence-electron chi connectivity index (χ0n) is 14.1. The van der Waals surface area contributed by atoms with Crippen LogP contribution in [-0.2, 0) is 11.3 Å². The second-order valence-electron chi connectivity index (χ2n) is 7.24. The van der Waals surface area contributed by atoms with Gasteiger partial charge in [0.25, 0.3) is 0 Å². The third kappa shape index (κ3) is 4.21. The molecular weight excluding hydrogens is 328 g/mol. The van der Waals surface area contributed by atoms with Gasteiger partial charge in [-0.1, -0.05) is 11.6 Å². The molecule has 0 saturated carbocycles. The van der Waals surface area contributed by atoms with Crippen LogP contribution in [0.3, 0.4) is 0 Å². The lowest BCUT2D eigenvalue weighted by Gasteiger charge is -2.40. The number of rotatable bonds is 5. The van der Waals surface area contributed by atoms with Crippen molar-refractivity contribution >= 4 is 17.6 Å². The van der Waals surface area contributed by atoms with Gasteiger partial charge in [0.2, 0.25) is 0 Å².